The predicted octanol–water partition coefficient (Wildman–Crippen LogP) is 13.1. The fourth-order valence-electron chi connectivity index (χ4n) is 6.65. The second kappa shape index (κ2) is 12.5. The maximum Gasteiger partial charge on any atom is 0.131 e. The smallest absolute Gasteiger partial charge is 0.131 e. The van der Waals surface area contributed by atoms with E-state index in [-0.39, 0.29) is 11.0 Å². The summed E-state index contributed by atoms with van der Waals surface area (Å²) in [4.78, 5) is 7.98. The average Bonchev–Trinajstić information content (AvgIpc) is 3.95. The molecule has 0 amide bonds. The van der Waals surface area contributed by atoms with Crippen molar-refractivity contribution in [2.75, 3.05) is 4.90 Å². The van der Waals surface area contributed by atoms with Gasteiger partial charge in [0.05, 0.1) is 0 Å². The summed E-state index contributed by atoms with van der Waals surface area (Å²) in [5, 5.41) is 19.5. The van der Waals surface area contributed by atoms with Crippen LogP contribution >= 0.6 is 34.0 Å². The number of allylic oxidation sites excluding steroid dienone is 1. The second-order valence-corrected chi connectivity index (χ2v) is 15.7. The minimum Gasteiger partial charge on any atom is -0.302 e. The van der Waals surface area contributed by atoms with Gasteiger partial charge in [0.2, 0.25) is 0 Å². The molecule has 0 unspecified atom stereocenters. The average molecular weight is 684 g/mol. The molecule has 0 N–H and O–H groups in total. The third-order valence-corrected chi connectivity index (χ3v) is 12.7. The highest BCUT2D eigenvalue weighted by molar-refractivity contribution is 7.27. The molecule has 3 heterocycles. The molecule has 0 saturated carbocycles. The quantitative estimate of drug-likeness (QED) is 0.157. The van der Waals surface area contributed by atoms with E-state index in [4.69, 9.17) is 10.5 Å². The van der Waals surface area contributed by atoms with E-state index in [2.05, 4.69) is 146 Å². The summed E-state index contributed by atoms with van der Waals surface area (Å²) in [6.45, 7) is 4.66. The van der Waals surface area contributed by atoms with E-state index in [0.29, 0.717) is 0 Å². The molecule has 8 rings (SSSR count). The van der Waals surface area contributed by atoms with E-state index < -0.39 is 0 Å². The molecule has 49 heavy (non-hydrogen) atoms. The normalized spacial score (nSPS) is 12.4. The van der Waals surface area contributed by atoms with Crippen molar-refractivity contribution in [3.8, 4) is 53.9 Å². The lowest BCUT2D eigenvalue weighted by Crippen LogP contribution is -2.16. The first-order valence-corrected chi connectivity index (χ1v) is 18.4. The van der Waals surface area contributed by atoms with Gasteiger partial charge in [0.25, 0.3) is 0 Å². The Morgan fingerprint density at radius 1 is 0.571 bits per heavy atom. The SMILES string of the molecule is CC1(C)c2ccccc2-c2ccc(N(c3ccc(-c4ccccc4)cc3)c3ccc(-c4ccc(-c5ccc(C=C(C#N)C#N)s5)s4)s3)cc21. The third kappa shape index (κ3) is 5.61. The number of nitrogens with zero attached hydrogens (tertiary/aromatic N) is 3. The van der Waals surface area contributed by atoms with E-state index in [1.165, 1.54) is 48.0 Å². The molecule has 3 aromatic heterocycles. The molecule has 1 aliphatic carbocycles. The van der Waals surface area contributed by atoms with Gasteiger partial charge in [-0.2, -0.15) is 10.5 Å². The fraction of sp³-hybridized carbons (Fsp3) is 0.0698. The zero-order valence-corrected chi connectivity index (χ0v) is 29.3. The number of anilines is 3. The monoisotopic (exact) mass is 683 g/mol. The van der Waals surface area contributed by atoms with Crippen molar-refractivity contribution >= 4 is 56.5 Å². The summed E-state index contributed by atoms with van der Waals surface area (Å²) >= 11 is 5.14. The molecular weight excluding hydrogens is 655 g/mol. The molecule has 0 atom stereocenters. The van der Waals surface area contributed by atoms with Crippen molar-refractivity contribution in [1.82, 2.24) is 0 Å². The van der Waals surface area contributed by atoms with Crippen molar-refractivity contribution in [1.29, 1.82) is 10.5 Å². The lowest BCUT2D eigenvalue weighted by molar-refractivity contribution is 0.660. The molecule has 0 radical (unpaired) electrons. The van der Waals surface area contributed by atoms with E-state index in [0.717, 1.165) is 26.1 Å². The summed E-state index contributed by atoms with van der Waals surface area (Å²) in [6.07, 6.45) is 1.65. The Morgan fingerprint density at radius 2 is 1.16 bits per heavy atom. The van der Waals surface area contributed by atoms with Crippen LogP contribution in [0.25, 0.3) is 47.8 Å². The van der Waals surface area contributed by atoms with Crippen LogP contribution in [0, 0.1) is 22.7 Å². The van der Waals surface area contributed by atoms with Gasteiger partial charge in [0.15, 0.2) is 0 Å². The lowest BCUT2D eigenvalue weighted by Gasteiger charge is -2.27. The van der Waals surface area contributed by atoms with Crippen molar-refractivity contribution in [3.63, 3.8) is 0 Å². The maximum absolute atomic E-state index is 9.15. The molecule has 6 heteroatoms. The van der Waals surface area contributed by atoms with Gasteiger partial charge in [-0.05, 0) is 100 Å². The molecule has 7 aromatic rings. The molecule has 0 spiro atoms. The van der Waals surface area contributed by atoms with Gasteiger partial charge in [-0.1, -0.05) is 86.6 Å². The predicted molar refractivity (Wildman–Crippen MR) is 208 cm³/mol. The summed E-state index contributed by atoms with van der Waals surface area (Å²) in [5.74, 6) is 0. The van der Waals surface area contributed by atoms with Crippen LogP contribution in [0.5, 0.6) is 0 Å². The van der Waals surface area contributed by atoms with Crippen LogP contribution in [-0.4, -0.2) is 0 Å². The zero-order valence-electron chi connectivity index (χ0n) is 26.8. The Kier molecular flexibility index (Phi) is 7.86. The largest absolute Gasteiger partial charge is 0.302 e. The summed E-state index contributed by atoms with van der Waals surface area (Å²) in [6, 6.07) is 51.9. The Hall–Kier alpha value is -5.50. The van der Waals surface area contributed by atoms with Crippen LogP contribution < -0.4 is 4.90 Å². The lowest BCUT2D eigenvalue weighted by atomic mass is 9.82. The van der Waals surface area contributed by atoms with E-state index >= 15 is 0 Å². The van der Waals surface area contributed by atoms with Crippen LogP contribution in [0.4, 0.5) is 16.4 Å². The molecule has 3 nitrogen and oxygen atoms in total. The van der Waals surface area contributed by atoms with Gasteiger partial charge in [-0.3, -0.25) is 0 Å². The third-order valence-electron chi connectivity index (χ3n) is 9.12. The highest BCUT2D eigenvalue weighted by Gasteiger charge is 2.35. The number of hydrogen-bond donors (Lipinski definition) is 0. The van der Waals surface area contributed by atoms with Gasteiger partial charge in [0.1, 0.15) is 22.7 Å². The van der Waals surface area contributed by atoms with Crippen LogP contribution in [0.1, 0.15) is 29.9 Å². The van der Waals surface area contributed by atoms with Crippen molar-refractivity contribution in [3.05, 3.63) is 155 Å². The van der Waals surface area contributed by atoms with Gasteiger partial charge < -0.3 is 4.90 Å². The van der Waals surface area contributed by atoms with Crippen LogP contribution in [-0.2, 0) is 5.41 Å². The van der Waals surface area contributed by atoms with E-state index in [9.17, 15) is 0 Å². The first kappa shape index (κ1) is 30.8. The van der Waals surface area contributed by atoms with Crippen LogP contribution in [0.15, 0.2) is 139 Å². The first-order chi connectivity index (χ1) is 23.9. The molecule has 0 fully saturated rings. The molecule has 1 aliphatic rings. The second-order valence-electron chi connectivity index (χ2n) is 12.4. The van der Waals surface area contributed by atoms with Crippen LogP contribution in [0.2, 0.25) is 0 Å². The highest BCUT2D eigenvalue weighted by atomic mass is 32.1. The van der Waals surface area contributed by atoms with Gasteiger partial charge in [0, 0.05) is 41.2 Å². The van der Waals surface area contributed by atoms with Crippen molar-refractivity contribution < 1.29 is 0 Å². The molecule has 234 valence electrons. The molecule has 0 saturated heterocycles. The Morgan fingerprint density at radius 3 is 1.92 bits per heavy atom. The summed E-state index contributed by atoms with van der Waals surface area (Å²) < 4.78 is 0. The van der Waals surface area contributed by atoms with Crippen LogP contribution in [0.3, 0.4) is 0 Å². The fourth-order valence-corrected chi connectivity index (χ4v) is 9.83. The first-order valence-electron chi connectivity index (χ1n) is 15.9. The number of thiophene rings is 3. The minimum absolute atomic E-state index is 0.0962. The Bertz CT molecular complexity index is 2430. The minimum atomic E-state index is -0.0962. The number of rotatable bonds is 7. The van der Waals surface area contributed by atoms with Gasteiger partial charge in [-0.15, -0.1) is 34.0 Å². The summed E-state index contributed by atoms with van der Waals surface area (Å²) in [5.41, 5.74) is 10.0. The Labute approximate surface area is 298 Å². The number of hydrogen-bond acceptors (Lipinski definition) is 6. The number of fused-ring (bicyclic) bond motifs is 3. The number of nitriles is 2. The summed E-state index contributed by atoms with van der Waals surface area (Å²) in [7, 11) is 0. The Balaban J connectivity index is 1.17. The van der Waals surface area contributed by atoms with E-state index in [1.807, 2.05) is 18.2 Å². The van der Waals surface area contributed by atoms with Gasteiger partial charge >= 0.3 is 0 Å². The van der Waals surface area contributed by atoms with Crippen molar-refractivity contribution in [2.24, 2.45) is 0 Å². The molecule has 0 aliphatic heterocycles. The standard InChI is InChI=1S/C43H29N3S3/c1-43(2)36-11-7-6-10-34(36)35-18-16-32(25-37(35)43)46(31-14-12-30(13-15-31)29-8-4-3-5-9-29)42-23-22-41(49-42)40-21-20-39(48-40)38-19-17-33(47-38)24-28(26-44)27-45/h3-25H,1-2H3. The van der Waals surface area contributed by atoms with Crippen molar-refractivity contribution in [2.45, 2.75) is 19.3 Å². The zero-order chi connectivity index (χ0) is 33.5. The topological polar surface area (TPSA) is 50.8 Å². The maximum atomic E-state index is 9.15. The molecular formula is C43H29N3S3. The number of benzene rings is 4. The molecule has 4 aromatic carbocycles. The highest BCUT2D eigenvalue weighted by Crippen LogP contribution is 2.51. The van der Waals surface area contributed by atoms with E-state index in [1.54, 1.807) is 40.1 Å². The van der Waals surface area contributed by atoms with Gasteiger partial charge in [-0.25, -0.2) is 0 Å². The molecule has 0 bridgehead atoms.